The van der Waals surface area contributed by atoms with Crippen LogP contribution >= 0.6 is 0 Å². The Hall–Kier alpha value is -4.73. The molecule has 0 saturated carbocycles. The number of fused-ring (bicyclic) bond motifs is 4. The van der Waals surface area contributed by atoms with Crippen LogP contribution in [0.3, 0.4) is 0 Å². The zero-order valence-electron chi connectivity index (χ0n) is 40.4. The van der Waals surface area contributed by atoms with Gasteiger partial charge in [0.25, 0.3) is 0 Å². The molecule has 8 aromatic carbocycles. The van der Waals surface area contributed by atoms with Gasteiger partial charge in [-0.25, -0.2) is 0 Å². The number of phenols is 4. The van der Waals surface area contributed by atoms with Crippen LogP contribution in [0.4, 0.5) is 0 Å². The van der Waals surface area contributed by atoms with Gasteiger partial charge in [0.15, 0.2) is 0 Å². The van der Waals surface area contributed by atoms with Crippen LogP contribution in [0.15, 0.2) is 121 Å². The second-order valence-electron chi connectivity index (χ2n) is 16.9. The number of hydrogen-bond acceptors (Lipinski definition) is 8. The van der Waals surface area contributed by atoms with Crippen molar-refractivity contribution in [1.82, 2.24) is 0 Å². The summed E-state index contributed by atoms with van der Waals surface area (Å²) in [5.41, 5.74) is 5.99. The van der Waals surface area contributed by atoms with Gasteiger partial charge in [0, 0.05) is 90.1 Å². The van der Waals surface area contributed by atoms with Crippen LogP contribution in [0.2, 0.25) is 0 Å². The first-order valence-corrected chi connectivity index (χ1v) is 21.7. The molecule has 0 spiro atoms. The largest absolute Gasteiger partial charge is 0.507 e. The van der Waals surface area contributed by atoms with Crippen LogP contribution in [0.1, 0.15) is 77.6 Å². The predicted molar refractivity (Wildman–Crippen MR) is 269 cm³/mol. The minimum Gasteiger partial charge on any atom is -0.507 e. The maximum Gasteiger partial charge on any atom is 0.127 e. The third-order valence-electron chi connectivity index (χ3n) is 9.35. The first-order chi connectivity index (χ1) is 30.1. The molecule has 0 fully saturated rings. The average Bonchev–Trinajstić information content (AvgIpc) is 3.20. The second kappa shape index (κ2) is 27.8. The SMILES string of the molecule is CC(C)O.CC(C)O.CC(C)O.CC(C)O.Cc1cc2ccccc2c(-c2c(O)c(C)cc3ccccc23)c1O.Cc1cc2ccccc2c(-c2c(O)c(C)cc3ccccc23)c1O.[Ti].[Ti]. The Morgan fingerprint density at radius 3 is 0.576 bits per heavy atom. The first-order valence-electron chi connectivity index (χ1n) is 21.7. The molecule has 0 amide bonds. The number of aliphatic hydroxyl groups is 4. The smallest absolute Gasteiger partial charge is 0.127 e. The third-order valence-corrected chi connectivity index (χ3v) is 9.35. The Morgan fingerprint density at radius 2 is 0.424 bits per heavy atom. The summed E-state index contributed by atoms with van der Waals surface area (Å²) in [6.45, 7) is 21.3. The fourth-order valence-electron chi connectivity index (χ4n) is 6.92. The summed E-state index contributed by atoms with van der Waals surface area (Å²) in [7, 11) is 0. The average molecular weight is 965 g/mol. The molecule has 0 heterocycles. The van der Waals surface area contributed by atoms with Gasteiger partial charge < -0.3 is 40.9 Å². The fraction of sp³-hybridized carbons (Fsp3) is 0.286. The van der Waals surface area contributed by atoms with Crippen LogP contribution in [0, 0.1) is 27.7 Å². The number of phenolic OH excluding ortho intramolecular Hbond substituents is 4. The molecular weight excluding hydrogens is 896 g/mol. The number of aliphatic hydroxyl groups excluding tert-OH is 4. The Labute approximate surface area is 421 Å². The number of rotatable bonds is 2. The normalized spacial score (nSPS) is 10.4. The van der Waals surface area contributed by atoms with E-state index in [-0.39, 0.29) is 90.8 Å². The minimum atomic E-state index is -0.167. The van der Waals surface area contributed by atoms with Gasteiger partial charge in [-0.2, -0.15) is 0 Å². The summed E-state index contributed by atoms with van der Waals surface area (Å²) in [6, 6.07) is 39.7. The zero-order valence-corrected chi connectivity index (χ0v) is 43.6. The third kappa shape index (κ3) is 16.3. The Morgan fingerprint density at radius 1 is 0.288 bits per heavy atom. The Bertz CT molecular complexity index is 2390. The maximum absolute atomic E-state index is 10.8. The van der Waals surface area contributed by atoms with E-state index in [1.165, 1.54) is 0 Å². The molecule has 0 atom stereocenters. The van der Waals surface area contributed by atoms with E-state index in [2.05, 4.69) is 0 Å². The second-order valence-corrected chi connectivity index (χ2v) is 16.9. The van der Waals surface area contributed by atoms with Gasteiger partial charge in [0.2, 0.25) is 0 Å². The molecule has 8 aromatic rings. The predicted octanol–water partition coefficient (Wildman–Crippen LogP) is 12.9. The van der Waals surface area contributed by atoms with Crippen molar-refractivity contribution in [2.24, 2.45) is 0 Å². The molecular formula is C56H68O8Ti2. The summed E-state index contributed by atoms with van der Waals surface area (Å²) in [5.74, 6) is 0.888. The molecule has 0 bridgehead atoms. The van der Waals surface area contributed by atoms with Crippen LogP contribution in [0.25, 0.3) is 65.3 Å². The summed E-state index contributed by atoms with van der Waals surface area (Å²) < 4.78 is 0. The Balaban J connectivity index is 0.000000488. The summed E-state index contributed by atoms with van der Waals surface area (Å²) in [4.78, 5) is 0. The van der Waals surface area contributed by atoms with Crippen molar-refractivity contribution < 1.29 is 84.3 Å². The van der Waals surface area contributed by atoms with Crippen molar-refractivity contribution in [2.45, 2.75) is 108 Å². The molecule has 8 N–H and O–H groups in total. The molecule has 0 aliphatic rings. The topological polar surface area (TPSA) is 162 Å². The van der Waals surface area contributed by atoms with E-state index >= 15 is 0 Å². The van der Waals surface area contributed by atoms with E-state index < -0.39 is 0 Å². The summed E-state index contributed by atoms with van der Waals surface area (Å²) >= 11 is 0. The van der Waals surface area contributed by atoms with Gasteiger partial charge in [0.05, 0.1) is 0 Å². The van der Waals surface area contributed by atoms with E-state index in [0.717, 1.165) is 65.3 Å². The molecule has 0 unspecified atom stereocenters. The molecule has 0 aliphatic heterocycles. The molecule has 0 radical (unpaired) electrons. The molecule has 0 saturated heterocycles. The van der Waals surface area contributed by atoms with Crippen molar-refractivity contribution in [1.29, 1.82) is 0 Å². The molecule has 348 valence electrons. The van der Waals surface area contributed by atoms with Crippen LogP contribution in [0.5, 0.6) is 23.0 Å². The number of hydrogen-bond donors (Lipinski definition) is 8. The fourth-order valence-corrected chi connectivity index (χ4v) is 6.92. The summed E-state index contributed by atoms with van der Waals surface area (Å²) in [5, 5.41) is 83.4. The molecule has 66 heavy (non-hydrogen) atoms. The number of aromatic hydroxyl groups is 4. The van der Waals surface area contributed by atoms with Gasteiger partial charge in [-0.1, -0.05) is 97.1 Å². The molecule has 8 nitrogen and oxygen atoms in total. The van der Waals surface area contributed by atoms with E-state index in [4.69, 9.17) is 20.4 Å². The standard InChI is InChI=1S/2C22H18O2.4C3H8O.2Ti/c2*1-13-11-15-7-3-5-9-17(15)19(21(13)23)20-18-10-6-4-8-16(18)12-14(2)22(20)24;4*1-3(2)4;;/h2*3-12,23-24H,1-2H3;4*3-4H,1-2H3;;. The summed E-state index contributed by atoms with van der Waals surface area (Å²) in [6.07, 6.45) is -0.667. The minimum absolute atomic E-state index is 0. The van der Waals surface area contributed by atoms with Gasteiger partial charge in [-0.15, -0.1) is 0 Å². The van der Waals surface area contributed by atoms with Gasteiger partial charge >= 0.3 is 0 Å². The quantitative estimate of drug-likeness (QED) is 0.0794. The molecule has 8 rings (SSSR count). The first kappa shape index (κ1) is 59.3. The van der Waals surface area contributed by atoms with Gasteiger partial charge in [0.1, 0.15) is 23.0 Å². The number of benzene rings is 8. The van der Waals surface area contributed by atoms with Crippen molar-refractivity contribution in [3.05, 3.63) is 144 Å². The van der Waals surface area contributed by atoms with Crippen molar-refractivity contribution >= 4 is 43.1 Å². The van der Waals surface area contributed by atoms with Crippen LogP contribution in [-0.4, -0.2) is 65.3 Å². The zero-order chi connectivity index (χ0) is 48.0. The number of aryl methyl sites for hydroxylation is 4. The Kier molecular flexibility index (Phi) is 25.0. The maximum atomic E-state index is 10.8. The molecule has 0 aromatic heterocycles. The van der Waals surface area contributed by atoms with E-state index in [1.54, 1.807) is 55.4 Å². The van der Waals surface area contributed by atoms with Gasteiger partial charge in [-0.05, 0) is 173 Å². The monoisotopic (exact) mass is 964 g/mol. The van der Waals surface area contributed by atoms with Crippen LogP contribution in [-0.2, 0) is 43.4 Å². The van der Waals surface area contributed by atoms with Crippen molar-refractivity contribution in [3.8, 4) is 45.3 Å². The molecule has 10 heteroatoms. The van der Waals surface area contributed by atoms with Crippen molar-refractivity contribution in [3.63, 3.8) is 0 Å². The van der Waals surface area contributed by atoms with E-state index in [1.807, 2.05) is 149 Å². The van der Waals surface area contributed by atoms with E-state index in [0.29, 0.717) is 22.3 Å². The van der Waals surface area contributed by atoms with E-state index in [9.17, 15) is 20.4 Å². The van der Waals surface area contributed by atoms with Crippen molar-refractivity contribution in [2.75, 3.05) is 0 Å². The van der Waals surface area contributed by atoms with Crippen LogP contribution < -0.4 is 0 Å². The van der Waals surface area contributed by atoms with Gasteiger partial charge in [-0.3, -0.25) is 0 Å². The molecule has 0 aliphatic carbocycles.